The molecule has 2 aliphatic heterocycles. The Kier molecular flexibility index (Phi) is 2.82. The Bertz CT molecular complexity index is 231. The van der Waals surface area contributed by atoms with Gasteiger partial charge in [0.15, 0.2) is 0 Å². The number of piperidine rings is 1. The van der Waals surface area contributed by atoms with Crippen LogP contribution >= 0.6 is 0 Å². The summed E-state index contributed by atoms with van der Waals surface area (Å²) in [6, 6.07) is 0.334. The first kappa shape index (κ1) is 9.65. The molecule has 2 amide bonds. The van der Waals surface area contributed by atoms with Crippen LogP contribution in [0.3, 0.4) is 0 Å². The topological polar surface area (TPSA) is 49.4 Å². The average molecular weight is 196 g/mol. The third kappa shape index (κ3) is 1.95. The van der Waals surface area contributed by atoms with Crippen molar-refractivity contribution in [1.82, 2.24) is 10.2 Å². The summed E-state index contributed by atoms with van der Waals surface area (Å²) < 4.78 is 0. The quantitative estimate of drug-likeness (QED) is 0.645. The predicted molar refractivity (Wildman–Crippen MR) is 51.6 cm³/mol. The van der Waals surface area contributed by atoms with Crippen molar-refractivity contribution in [3.8, 4) is 0 Å². The van der Waals surface area contributed by atoms with Crippen molar-refractivity contribution in [2.75, 3.05) is 13.1 Å². The summed E-state index contributed by atoms with van der Waals surface area (Å²) in [5.74, 6) is 0.0184. The molecule has 0 bridgehead atoms. The molecule has 78 valence electrons. The Morgan fingerprint density at radius 1 is 1.21 bits per heavy atom. The number of nitrogens with zero attached hydrogens (tertiary/aromatic N) is 1. The molecule has 4 heteroatoms. The van der Waals surface area contributed by atoms with Gasteiger partial charge in [0, 0.05) is 25.4 Å². The second kappa shape index (κ2) is 4.09. The van der Waals surface area contributed by atoms with E-state index in [1.807, 2.05) is 0 Å². The maximum absolute atomic E-state index is 11.5. The highest BCUT2D eigenvalue weighted by Crippen LogP contribution is 2.15. The average Bonchev–Trinajstić information content (AvgIpc) is 2.64. The van der Waals surface area contributed by atoms with E-state index in [-0.39, 0.29) is 11.8 Å². The lowest BCUT2D eigenvalue weighted by Gasteiger charge is -2.27. The number of amides is 2. The van der Waals surface area contributed by atoms with Crippen LogP contribution < -0.4 is 5.32 Å². The van der Waals surface area contributed by atoms with E-state index in [9.17, 15) is 9.59 Å². The van der Waals surface area contributed by atoms with Gasteiger partial charge >= 0.3 is 0 Å². The van der Waals surface area contributed by atoms with Crippen molar-refractivity contribution in [3.05, 3.63) is 0 Å². The van der Waals surface area contributed by atoms with Crippen molar-refractivity contribution >= 4 is 11.8 Å². The molecule has 4 nitrogen and oxygen atoms in total. The van der Waals surface area contributed by atoms with Crippen molar-refractivity contribution in [2.24, 2.45) is 0 Å². The highest BCUT2D eigenvalue weighted by Gasteiger charge is 2.28. The van der Waals surface area contributed by atoms with Crippen LogP contribution in [-0.4, -0.2) is 35.8 Å². The minimum Gasteiger partial charge on any atom is -0.312 e. The van der Waals surface area contributed by atoms with E-state index < -0.39 is 0 Å². The van der Waals surface area contributed by atoms with E-state index in [0.29, 0.717) is 25.4 Å². The summed E-state index contributed by atoms with van der Waals surface area (Å²) in [4.78, 5) is 24.4. The van der Waals surface area contributed by atoms with Crippen LogP contribution in [-0.2, 0) is 9.59 Å². The number of hydrogen-bond donors (Lipinski definition) is 1. The molecule has 0 aromatic rings. The van der Waals surface area contributed by atoms with Crippen LogP contribution in [0.25, 0.3) is 0 Å². The van der Waals surface area contributed by atoms with Crippen molar-refractivity contribution in [2.45, 2.75) is 38.1 Å². The molecular formula is C10H16N2O2. The third-order valence-electron chi connectivity index (χ3n) is 2.95. The molecule has 2 heterocycles. The van der Waals surface area contributed by atoms with Crippen molar-refractivity contribution in [1.29, 1.82) is 0 Å². The molecular weight excluding hydrogens is 180 g/mol. The molecule has 2 aliphatic rings. The smallest absolute Gasteiger partial charge is 0.229 e. The zero-order valence-electron chi connectivity index (χ0n) is 8.29. The number of carbonyl (C=O) groups is 2. The number of hydrogen-bond acceptors (Lipinski definition) is 3. The van der Waals surface area contributed by atoms with Gasteiger partial charge in [0.25, 0.3) is 0 Å². The highest BCUT2D eigenvalue weighted by atomic mass is 16.2. The number of nitrogens with one attached hydrogen (secondary N) is 1. The molecule has 0 radical (unpaired) electrons. The molecule has 2 saturated heterocycles. The van der Waals surface area contributed by atoms with E-state index in [2.05, 4.69) is 5.32 Å². The van der Waals surface area contributed by atoms with Gasteiger partial charge in [-0.25, -0.2) is 0 Å². The van der Waals surface area contributed by atoms with Gasteiger partial charge in [0.1, 0.15) is 0 Å². The lowest BCUT2D eigenvalue weighted by Crippen LogP contribution is -2.46. The Hall–Kier alpha value is -0.900. The lowest BCUT2D eigenvalue weighted by molar-refractivity contribution is -0.148. The minimum atomic E-state index is 0.00921. The lowest BCUT2D eigenvalue weighted by atomic mass is 10.1. The van der Waals surface area contributed by atoms with Crippen LogP contribution in [0, 0.1) is 0 Å². The molecule has 1 atom stereocenters. The van der Waals surface area contributed by atoms with Gasteiger partial charge in [-0.15, -0.1) is 0 Å². The van der Waals surface area contributed by atoms with Gasteiger partial charge in [-0.1, -0.05) is 0 Å². The second-order valence-corrected chi connectivity index (χ2v) is 4.04. The molecule has 2 fully saturated rings. The maximum atomic E-state index is 11.5. The van der Waals surface area contributed by atoms with Gasteiger partial charge in [0.2, 0.25) is 11.8 Å². The number of carbonyl (C=O) groups excluding carboxylic acids is 2. The first-order valence-electron chi connectivity index (χ1n) is 5.34. The van der Waals surface area contributed by atoms with Crippen molar-refractivity contribution in [3.63, 3.8) is 0 Å². The zero-order valence-corrected chi connectivity index (χ0v) is 8.29. The number of rotatable bonds is 2. The summed E-state index contributed by atoms with van der Waals surface area (Å²) >= 11 is 0. The van der Waals surface area contributed by atoms with Crippen LogP contribution in [0.2, 0.25) is 0 Å². The zero-order chi connectivity index (χ0) is 9.97. The van der Waals surface area contributed by atoms with Gasteiger partial charge in [-0.05, 0) is 25.8 Å². The Balaban J connectivity index is 1.93. The molecule has 14 heavy (non-hydrogen) atoms. The van der Waals surface area contributed by atoms with E-state index >= 15 is 0 Å². The SMILES string of the molecule is O=C1CCCC(=O)N1C[C@@H]1CCCN1. The van der Waals surface area contributed by atoms with Crippen LogP contribution in [0.5, 0.6) is 0 Å². The summed E-state index contributed by atoms with van der Waals surface area (Å²) in [5.41, 5.74) is 0. The molecule has 0 aromatic heterocycles. The van der Waals surface area contributed by atoms with Crippen molar-refractivity contribution < 1.29 is 9.59 Å². The van der Waals surface area contributed by atoms with Gasteiger partial charge in [0.05, 0.1) is 0 Å². The summed E-state index contributed by atoms with van der Waals surface area (Å²) in [7, 11) is 0. The molecule has 1 N–H and O–H groups in total. The van der Waals surface area contributed by atoms with Crippen LogP contribution in [0.1, 0.15) is 32.1 Å². The summed E-state index contributed by atoms with van der Waals surface area (Å²) in [5, 5.41) is 3.30. The maximum Gasteiger partial charge on any atom is 0.229 e. The largest absolute Gasteiger partial charge is 0.312 e. The minimum absolute atomic E-state index is 0.00921. The molecule has 0 aromatic carbocycles. The fourth-order valence-electron chi connectivity index (χ4n) is 2.14. The predicted octanol–water partition coefficient (Wildman–Crippen LogP) is 0.277. The van der Waals surface area contributed by atoms with Crippen LogP contribution in [0.4, 0.5) is 0 Å². The van der Waals surface area contributed by atoms with Crippen LogP contribution in [0.15, 0.2) is 0 Å². The first-order valence-corrected chi connectivity index (χ1v) is 5.34. The summed E-state index contributed by atoms with van der Waals surface area (Å²) in [6.07, 6.45) is 4.04. The molecule has 0 saturated carbocycles. The third-order valence-corrected chi connectivity index (χ3v) is 2.95. The first-order chi connectivity index (χ1) is 6.77. The van der Waals surface area contributed by atoms with Gasteiger partial charge in [-0.3, -0.25) is 14.5 Å². The molecule has 0 aliphatic carbocycles. The standard InChI is InChI=1S/C10H16N2O2/c13-9-4-1-5-10(14)12(9)7-8-3-2-6-11-8/h8,11H,1-7H2/t8-/m0/s1. The molecule has 0 spiro atoms. The Labute approximate surface area is 83.6 Å². The highest BCUT2D eigenvalue weighted by molar-refractivity contribution is 5.97. The summed E-state index contributed by atoms with van der Waals surface area (Å²) in [6.45, 7) is 1.60. The number of likely N-dealkylation sites (tertiary alicyclic amines) is 1. The fourth-order valence-corrected chi connectivity index (χ4v) is 2.14. The normalized spacial score (nSPS) is 28.6. The fraction of sp³-hybridized carbons (Fsp3) is 0.800. The molecule has 0 unspecified atom stereocenters. The van der Waals surface area contributed by atoms with E-state index in [0.717, 1.165) is 25.8 Å². The number of imide groups is 1. The Morgan fingerprint density at radius 3 is 2.50 bits per heavy atom. The monoisotopic (exact) mass is 196 g/mol. The van der Waals surface area contributed by atoms with Gasteiger partial charge < -0.3 is 5.32 Å². The van der Waals surface area contributed by atoms with E-state index in [1.54, 1.807) is 0 Å². The van der Waals surface area contributed by atoms with Gasteiger partial charge in [-0.2, -0.15) is 0 Å². The second-order valence-electron chi connectivity index (χ2n) is 4.04. The Morgan fingerprint density at radius 2 is 1.93 bits per heavy atom. The van der Waals surface area contributed by atoms with E-state index in [4.69, 9.17) is 0 Å². The van der Waals surface area contributed by atoms with E-state index in [1.165, 1.54) is 4.90 Å². The molecule has 2 rings (SSSR count).